The third-order valence-electron chi connectivity index (χ3n) is 2.88. The summed E-state index contributed by atoms with van der Waals surface area (Å²) in [6.07, 6.45) is 0. The first-order valence-corrected chi connectivity index (χ1v) is 7.61. The van der Waals surface area contributed by atoms with E-state index < -0.39 is 0 Å². The summed E-state index contributed by atoms with van der Waals surface area (Å²) in [5.41, 5.74) is 6.38. The van der Waals surface area contributed by atoms with Crippen LogP contribution in [0.3, 0.4) is 0 Å². The highest BCUT2D eigenvalue weighted by atomic mass is 32.1. The Bertz CT molecular complexity index is 664. The molecule has 0 bridgehead atoms. The van der Waals surface area contributed by atoms with Crippen molar-refractivity contribution in [3.05, 3.63) is 29.1 Å². The number of anilines is 1. The van der Waals surface area contributed by atoms with Crippen molar-refractivity contribution in [3.8, 4) is 0 Å². The number of thiophene rings is 1. The van der Waals surface area contributed by atoms with Gasteiger partial charge in [-0.05, 0) is 35.6 Å². The first-order chi connectivity index (χ1) is 9.95. The lowest BCUT2D eigenvalue weighted by Gasteiger charge is -2.07. The number of nitrogen functional groups attached to an aromatic ring is 1. The number of rotatable bonds is 5. The maximum atomic E-state index is 12.0. The van der Waals surface area contributed by atoms with Crippen molar-refractivity contribution in [2.75, 3.05) is 18.8 Å². The molecule has 1 aromatic heterocycles. The van der Waals surface area contributed by atoms with Crippen molar-refractivity contribution in [1.29, 1.82) is 0 Å². The van der Waals surface area contributed by atoms with Gasteiger partial charge in [-0.3, -0.25) is 9.59 Å². The Balaban J connectivity index is 1.94. The Morgan fingerprint density at radius 3 is 2.71 bits per heavy atom. The van der Waals surface area contributed by atoms with Crippen molar-refractivity contribution < 1.29 is 9.59 Å². The summed E-state index contributed by atoms with van der Waals surface area (Å²) >= 11 is 1.38. The average molecular weight is 305 g/mol. The molecule has 0 aliphatic rings. The number of fused-ring (bicyclic) bond motifs is 1. The predicted octanol–water partition coefficient (Wildman–Crippen LogP) is 1.99. The van der Waals surface area contributed by atoms with Crippen LogP contribution in [0.4, 0.5) is 5.69 Å². The van der Waals surface area contributed by atoms with Crippen LogP contribution < -0.4 is 16.4 Å². The Hall–Kier alpha value is -2.08. The Labute approximate surface area is 127 Å². The lowest BCUT2D eigenvalue weighted by atomic mass is 10.2. The van der Waals surface area contributed by atoms with Gasteiger partial charge in [0.1, 0.15) is 0 Å². The van der Waals surface area contributed by atoms with Gasteiger partial charge in [0, 0.05) is 16.9 Å². The van der Waals surface area contributed by atoms with Gasteiger partial charge in [-0.25, -0.2) is 0 Å². The van der Waals surface area contributed by atoms with Crippen LogP contribution in [-0.4, -0.2) is 24.9 Å². The molecule has 0 aliphatic carbocycles. The Morgan fingerprint density at radius 2 is 2.00 bits per heavy atom. The maximum absolute atomic E-state index is 12.0. The topological polar surface area (TPSA) is 84.2 Å². The predicted molar refractivity (Wildman–Crippen MR) is 86.4 cm³/mol. The highest BCUT2D eigenvalue weighted by Gasteiger charge is 2.11. The van der Waals surface area contributed by atoms with Crippen LogP contribution in [0, 0.1) is 5.92 Å². The molecule has 0 unspecified atom stereocenters. The van der Waals surface area contributed by atoms with E-state index in [1.165, 1.54) is 11.3 Å². The highest BCUT2D eigenvalue weighted by Crippen LogP contribution is 2.27. The number of carbonyl (C=O) groups excluding carboxylic acids is 2. The van der Waals surface area contributed by atoms with Crippen LogP contribution in [0.1, 0.15) is 23.5 Å². The van der Waals surface area contributed by atoms with Crippen LogP contribution in [0.5, 0.6) is 0 Å². The fraction of sp³-hybridized carbons (Fsp3) is 0.333. The minimum Gasteiger partial charge on any atom is -0.399 e. The zero-order chi connectivity index (χ0) is 15.4. The van der Waals surface area contributed by atoms with Gasteiger partial charge in [-0.1, -0.05) is 13.8 Å². The molecule has 2 aromatic rings. The summed E-state index contributed by atoms with van der Waals surface area (Å²) in [6, 6.07) is 7.32. The van der Waals surface area contributed by atoms with E-state index in [4.69, 9.17) is 5.73 Å². The van der Waals surface area contributed by atoms with Crippen LogP contribution >= 0.6 is 11.3 Å². The van der Waals surface area contributed by atoms with E-state index in [0.717, 1.165) is 10.1 Å². The molecular formula is C15H19N3O2S. The SMILES string of the molecule is CC(C)CNC(=O)CNC(=O)c1cc2cc(N)ccc2s1. The summed E-state index contributed by atoms with van der Waals surface area (Å²) in [5.74, 6) is -0.0328. The number of benzene rings is 1. The lowest BCUT2D eigenvalue weighted by molar-refractivity contribution is -0.120. The molecule has 5 nitrogen and oxygen atoms in total. The van der Waals surface area contributed by atoms with E-state index in [-0.39, 0.29) is 18.4 Å². The number of nitrogens with one attached hydrogen (secondary N) is 2. The number of nitrogens with two attached hydrogens (primary N) is 1. The first kappa shape index (κ1) is 15.3. The second-order valence-electron chi connectivity index (χ2n) is 5.29. The molecule has 0 fully saturated rings. The van der Waals surface area contributed by atoms with Crippen LogP contribution in [0.25, 0.3) is 10.1 Å². The Morgan fingerprint density at radius 1 is 1.24 bits per heavy atom. The molecule has 4 N–H and O–H groups in total. The van der Waals surface area contributed by atoms with Crippen molar-refractivity contribution in [1.82, 2.24) is 10.6 Å². The number of carbonyl (C=O) groups is 2. The molecule has 21 heavy (non-hydrogen) atoms. The van der Waals surface area contributed by atoms with E-state index in [1.807, 2.05) is 26.0 Å². The molecule has 0 radical (unpaired) electrons. The van der Waals surface area contributed by atoms with Gasteiger partial charge < -0.3 is 16.4 Å². The van der Waals surface area contributed by atoms with E-state index in [1.54, 1.807) is 12.1 Å². The van der Waals surface area contributed by atoms with Crippen molar-refractivity contribution in [2.24, 2.45) is 5.92 Å². The van der Waals surface area contributed by atoms with Crippen LogP contribution in [0.2, 0.25) is 0 Å². The third kappa shape index (κ3) is 4.19. The molecule has 0 saturated heterocycles. The summed E-state index contributed by atoms with van der Waals surface area (Å²) in [6.45, 7) is 4.63. The number of amides is 2. The molecule has 0 spiro atoms. The minimum absolute atomic E-state index is 0.0120. The zero-order valence-electron chi connectivity index (χ0n) is 12.1. The maximum Gasteiger partial charge on any atom is 0.261 e. The van der Waals surface area contributed by atoms with Gasteiger partial charge in [0.25, 0.3) is 5.91 Å². The normalized spacial score (nSPS) is 10.8. The number of hydrogen-bond acceptors (Lipinski definition) is 4. The van der Waals surface area contributed by atoms with Gasteiger partial charge >= 0.3 is 0 Å². The molecule has 6 heteroatoms. The van der Waals surface area contributed by atoms with Gasteiger partial charge in [0.2, 0.25) is 5.91 Å². The van der Waals surface area contributed by atoms with Crippen molar-refractivity contribution in [2.45, 2.75) is 13.8 Å². The van der Waals surface area contributed by atoms with Crippen molar-refractivity contribution >= 4 is 38.9 Å². The van der Waals surface area contributed by atoms with Gasteiger partial charge in [0.15, 0.2) is 0 Å². The third-order valence-corrected chi connectivity index (χ3v) is 4.00. The van der Waals surface area contributed by atoms with E-state index >= 15 is 0 Å². The summed E-state index contributed by atoms with van der Waals surface area (Å²) < 4.78 is 0.999. The Kier molecular flexibility index (Phi) is 4.80. The molecule has 112 valence electrons. The molecule has 2 rings (SSSR count). The molecule has 0 atom stereocenters. The zero-order valence-corrected chi connectivity index (χ0v) is 12.9. The summed E-state index contributed by atoms with van der Waals surface area (Å²) in [4.78, 5) is 24.2. The van der Waals surface area contributed by atoms with Gasteiger partial charge in [-0.15, -0.1) is 11.3 Å². The van der Waals surface area contributed by atoms with Crippen LogP contribution in [0.15, 0.2) is 24.3 Å². The highest BCUT2D eigenvalue weighted by molar-refractivity contribution is 7.20. The molecule has 2 amide bonds. The fourth-order valence-electron chi connectivity index (χ4n) is 1.80. The molecule has 0 saturated carbocycles. The standard InChI is InChI=1S/C15H19N3O2S/c1-9(2)7-17-14(19)8-18-15(20)13-6-10-5-11(16)3-4-12(10)21-13/h3-6,9H,7-8,16H2,1-2H3,(H,17,19)(H,18,20). The minimum atomic E-state index is -0.241. The fourth-order valence-corrected chi connectivity index (χ4v) is 2.76. The first-order valence-electron chi connectivity index (χ1n) is 6.79. The summed E-state index contributed by atoms with van der Waals surface area (Å²) in [5, 5.41) is 6.32. The average Bonchev–Trinajstić information content (AvgIpc) is 2.85. The molecule has 1 heterocycles. The van der Waals surface area contributed by atoms with Gasteiger partial charge in [0.05, 0.1) is 11.4 Å². The van der Waals surface area contributed by atoms with E-state index in [2.05, 4.69) is 10.6 Å². The second-order valence-corrected chi connectivity index (χ2v) is 6.37. The van der Waals surface area contributed by atoms with E-state index in [0.29, 0.717) is 23.0 Å². The molecule has 1 aromatic carbocycles. The van der Waals surface area contributed by atoms with E-state index in [9.17, 15) is 9.59 Å². The monoisotopic (exact) mass is 305 g/mol. The lowest BCUT2D eigenvalue weighted by Crippen LogP contribution is -2.38. The van der Waals surface area contributed by atoms with Crippen LogP contribution in [-0.2, 0) is 4.79 Å². The van der Waals surface area contributed by atoms with Crippen molar-refractivity contribution in [3.63, 3.8) is 0 Å². The molecule has 0 aliphatic heterocycles. The quantitative estimate of drug-likeness (QED) is 0.739. The van der Waals surface area contributed by atoms with Gasteiger partial charge in [-0.2, -0.15) is 0 Å². The second kappa shape index (κ2) is 6.58. The number of hydrogen-bond donors (Lipinski definition) is 3. The smallest absolute Gasteiger partial charge is 0.261 e. The molecular weight excluding hydrogens is 286 g/mol. The summed E-state index contributed by atoms with van der Waals surface area (Å²) in [7, 11) is 0. The largest absolute Gasteiger partial charge is 0.399 e.